The largest absolute Gasteiger partial charge is 0.508 e. The summed E-state index contributed by atoms with van der Waals surface area (Å²) < 4.78 is 4.48. The van der Waals surface area contributed by atoms with Crippen molar-refractivity contribution in [1.82, 2.24) is 0 Å². The molecule has 0 amide bonds. The molecule has 0 radical (unpaired) electrons. The van der Waals surface area contributed by atoms with Gasteiger partial charge in [0.15, 0.2) is 0 Å². The Morgan fingerprint density at radius 1 is 1.50 bits per heavy atom. The molecule has 1 aromatic carbocycles. The topological polar surface area (TPSA) is 46.5 Å². The Hall–Kier alpha value is -1.22. The van der Waals surface area contributed by atoms with E-state index in [2.05, 4.69) is 4.74 Å². The molecule has 0 unspecified atom stereocenters. The van der Waals surface area contributed by atoms with Crippen molar-refractivity contribution in [2.24, 2.45) is 0 Å². The van der Waals surface area contributed by atoms with E-state index in [1.54, 1.807) is 18.2 Å². The number of ether oxygens (including phenoxy) is 1. The highest BCUT2D eigenvalue weighted by Crippen LogP contribution is 2.16. The van der Waals surface area contributed by atoms with Crippen LogP contribution in [-0.2, 0) is 11.3 Å². The molecule has 0 saturated carbocycles. The monoisotopic (exact) mass is 186 g/mol. The van der Waals surface area contributed by atoms with Crippen LogP contribution in [0.4, 0.5) is 4.79 Å². The Balaban J connectivity index is 2.63. The van der Waals surface area contributed by atoms with Gasteiger partial charge in [0.1, 0.15) is 12.4 Å². The average molecular weight is 187 g/mol. The molecule has 3 nitrogen and oxygen atoms in total. The Labute approximate surface area is 74.5 Å². The highest BCUT2D eigenvalue weighted by atomic mass is 35.5. The molecule has 1 rings (SSSR count). The normalized spacial score (nSPS) is 9.42. The number of aromatic hydroxyl groups is 1. The van der Waals surface area contributed by atoms with Crippen LogP contribution >= 0.6 is 11.6 Å². The number of halogens is 1. The zero-order chi connectivity index (χ0) is 8.97. The summed E-state index contributed by atoms with van der Waals surface area (Å²) in [5, 5.41) is 9.19. The quantitative estimate of drug-likeness (QED) is 0.721. The van der Waals surface area contributed by atoms with Crippen molar-refractivity contribution < 1.29 is 14.6 Å². The molecule has 4 heteroatoms. The summed E-state index contributed by atoms with van der Waals surface area (Å²) in [7, 11) is 0. The second-order valence-electron chi connectivity index (χ2n) is 2.16. The number of carbonyl (C=O) groups excluding carboxylic acids is 1. The molecule has 0 aliphatic heterocycles. The lowest BCUT2D eigenvalue weighted by Gasteiger charge is -2.02. The van der Waals surface area contributed by atoms with Gasteiger partial charge >= 0.3 is 5.43 Å². The minimum atomic E-state index is -0.877. The first-order valence-corrected chi connectivity index (χ1v) is 3.67. The summed E-state index contributed by atoms with van der Waals surface area (Å²) in [5.41, 5.74) is -0.343. The van der Waals surface area contributed by atoms with E-state index in [-0.39, 0.29) is 12.4 Å². The molecule has 0 aliphatic carbocycles. The molecule has 64 valence electrons. The van der Waals surface area contributed by atoms with Crippen LogP contribution in [0, 0.1) is 0 Å². The molecule has 0 atom stereocenters. The molecule has 0 fully saturated rings. The van der Waals surface area contributed by atoms with Crippen LogP contribution in [-0.4, -0.2) is 10.5 Å². The van der Waals surface area contributed by atoms with E-state index >= 15 is 0 Å². The van der Waals surface area contributed by atoms with E-state index in [0.29, 0.717) is 5.56 Å². The van der Waals surface area contributed by atoms with Crippen molar-refractivity contribution in [3.63, 3.8) is 0 Å². The third-order valence-corrected chi connectivity index (χ3v) is 1.44. The second kappa shape index (κ2) is 3.97. The van der Waals surface area contributed by atoms with Gasteiger partial charge < -0.3 is 9.84 Å². The number of rotatable bonds is 2. The third-order valence-electron chi connectivity index (χ3n) is 1.33. The maximum absolute atomic E-state index is 10.2. The fourth-order valence-electron chi connectivity index (χ4n) is 0.767. The van der Waals surface area contributed by atoms with Crippen LogP contribution in [0.15, 0.2) is 24.3 Å². The third kappa shape index (κ3) is 2.43. The first kappa shape index (κ1) is 8.87. The average Bonchev–Trinajstić information content (AvgIpc) is 2.03. The summed E-state index contributed by atoms with van der Waals surface area (Å²) in [6.45, 7) is -0.00495. The predicted octanol–water partition coefficient (Wildman–Crippen LogP) is 2.27. The summed E-state index contributed by atoms with van der Waals surface area (Å²) in [4.78, 5) is 10.2. The maximum atomic E-state index is 10.2. The number of phenolic OH excluding ortho intramolecular Hbond substituents is 1. The van der Waals surface area contributed by atoms with Crippen LogP contribution < -0.4 is 0 Å². The highest BCUT2D eigenvalue weighted by Gasteiger charge is 2.01. The number of benzene rings is 1. The minimum Gasteiger partial charge on any atom is -0.508 e. The number of carbonyl (C=O) groups is 1. The Kier molecular flexibility index (Phi) is 2.94. The molecule has 0 spiro atoms. The van der Waals surface area contributed by atoms with Crippen LogP contribution in [0.25, 0.3) is 0 Å². The van der Waals surface area contributed by atoms with Crippen LogP contribution in [0.5, 0.6) is 5.75 Å². The highest BCUT2D eigenvalue weighted by molar-refractivity contribution is 6.61. The van der Waals surface area contributed by atoms with Gasteiger partial charge in [-0.3, -0.25) is 0 Å². The van der Waals surface area contributed by atoms with Gasteiger partial charge in [-0.1, -0.05) is 18.2 Å². The summed E-state index contributed by atoms with van der Waals surface area (Å²) in [6, 6.07) is 6.57. The number of phenols is 1. The SMILES string of the molecule is O=C(Cl)OCc1ccccc1O. The Bertz CT molecular complexity index is 285. The van der Waals surface area contributed by atoms with Crippen molar-refractivity contribution in [2.45, 2.75) is 6.61 Å². The summed E-state index contributed by atoms with van der Waals surface area (Å²) in [5.74, 6) is 0.0930. The van der Waals surface area contributed by atoms with Crippen molar-refractivity contribution in [3.05, 3.63) is 29.8 Å². The lowest BCUT2D eigenvalue weighted by Crippen LogP contribution is -1.94. The van der Waals surface area contributed by atoms with E-state index in [1.807, 2.05) is 0 Å². The number of hydrogen-bond acceptors (Lipinski definition) is 3. The first-order chi connectivity index (χ1) is 5.70. The van der Waals surface area contributed by atoms with Gasteiger partial charge in [-0.05, 0) is 6.07 Å². The van der Waals surface area contributed by atoms with Gasteiger partial charge in [-0.2, -0.15) is 0 Å². The van der Waals surface area contributed by atoms with Crippen molar-refractivity contribution in [3.8, 4) is 5.75 Å². The molecular weight excluding hydrogens is 180 g/mol. The van der Waals surface area contributed by atoms with Crippen molar-refractivity contribution >= 4 is 17.0 Å². The van der Waals surface area contributed by atoms with Gasteiger partial charge in [-0.25, -0.2) is 4.79 Å². The predicted molar refractivity (Wildman–Crippen MR) is 44.1 cm³/mol. The Morgan fingerprint density at radius 2 is 2.17 bits per heavy atom. The number of hydrogen-bond donors (Lipinski definition) is 1. The van der Waals surface area contributed by atoms with Crippen LogP contribution in [0.3, 0.4) is 0 Å². The van der Waals surface area contributed by atoms with Crippen LogP contribution in [0.2, 0.25) is 0 Å². The molecule has 1 aromatic rings. The summed E-state index contributed by atoms with van der Waals surface area (Å²) in [6.07, 6.45) is 0. The molecule has 0 bridgehead atoms. The summed E-state index contributed by atoms with van der Waals surface area (Å²) >= 11 is 4.94. The van der Waals surface area contributed by atoms with Gasteiger partial charge in [-0.15, -0.1) is 0 Å². The zero-order valence-corrected chi connectivity index (χ0v) is 6.91. The standard InChI is InChI=1S/C8H7ClO3/c9-8(11)12-5-6-3-1-2-4-7(6)10/h1-4,10H,5H2. The molecule has 0 heterocycles. The van der Waals surface area contributed by atoms with E-state index < -0.39 is 5.43 Å². The van der Waals surface area contributed by atoms with Gasteiger partial charge in [0, 0.05) is 17.2 Å². The number of para-hydroxylation sites is 1. The molecule has 0 saturated heterocycles. The van der Waals surface area contributed by atoms with E-state index in [0.717, 1.165) is 0 Å². The van der Waals surface area contributed by atoms with Crippen molar-refractivity contribution in [1.29, 1.82) is 0 Å². The Morgan fingerprint density at radius 3 is 2.75 bits per heavy atom. The van der Waals surface area contributed by atoms with Crippen molar-refractivity contribution in [2.75, 3.05) is 0 Å². The fraction of sp³-hybridized carbons (Fsp3) is 0.125. The molecule has 1 N–H and O–H groups in total. The second-order valence-corrected chi connectivity index (χ2v) is 2.46. The zero-order valence-electron chi connectivity index (χ0n) is 6.16. The molecular formula is C8H7ClO3. The molecule has 0 aromatic heterocycles. The van der Waals surface area contributed by atoms with Gasteiger partial charge in [0.05, 0.1) is 0 Å². The lowest BCUT2D eigenvalue weighted by atomic mass is 10.2. The van der Waals surface area contributed by atoms with E-state index in [9.17, 15) is 9.90 Å². The van der Waals surface area contributed by atoms with E-state index in [4.69, 9.17) is 11.6 Å². The molecule has 0 aliphatic rings. The minimum absolute atomic E-state index is 0.00495. The first-order valence-electron chi connectivity index (χ1n) is 3.29. The van der Waals surface area contributed by atoms with Gasteiger partial charge in [0.25, 0.3) is 0 Å². The fourth-order valence-corrected chi connectivity index (χ4v) is 0.822. The van der Waals surface area contributed by atoms with Crippen LogP contribution in [0.1, 0.15) is 5.56 Å². The van der Waals surface area contributed by atoms with Gasteiger partial charge in [0.2, 0.25) is 0 Å². The lowest BCUT2D eigenvalue weighted by molar-refractivity contribution is 0.166. The van der Waals surface area contributed by atoms with E-state index in [1.165, 1.54) is 6.07 Å². The molecule has 12 heavy (non-hydrogen) atoms. The maximum Gasteiger partial charge on any atom is 0.404 e. The smallest absolute Gasteiger partial charge is 0.404 e.